The Bertz CT molecular complexity index is 502. The summed E-state index contributed by atoms with van der Waals surface area (Å²) in [6.45, 7) is 9.72. The van der Waals surface area contributed by atoms with E-state index in [1.165, 1.54) is 0 Å². The SMILES string of the molecule is COCc1ccc(COC(=O)C2C(CC(C)C)C2(C)C)cc1. The van der Waals surface area contributed by atoms with Crippen LogP contribution in [-0.4, -0.2) is 13.1 Å². The van der Waals surface area contributed by atoms with Crippen molar-refractivity contribution in [3.8, 4) is 0 Å². The average Bonchev–Trinajstić information content (AvgIpc) is 2.98. The second kappa shape index (κ2) is 6.82. The van der Waals surface area contributed by atoms with E-state index in [4.69, 9.17) is 9.47 Å². The van der Waals surface area contributed by atoms with Gasteiger partial charge in [0, 0.05) is 7.11 Å². The number of carbonyl (C=O) groups excluding carboxylic acids is 1. The Balaban J connectivity index is 1.85. The Labute approximate surface area is 134 Å². The predicted molar refractivity (Wildman–Crippen MR) is 87.2 cm³/mol. The van der Waals surface area contributed by atoms with Crippen LogP contribution in [0.15, 0.2) is 24.3 Å². The molecule has 0 radical (unpaired) electrons. The molecular formula is C19H28O3. The monoisotopic (exact) mass is 304 g/mol. The van der Waals surface area contributed by atoms with Crippen LogP contribution in [0.5, 0.6) is 0 Å². The van der Waals surface area contributed by atoms with Crippen LogP contribution in [0.3, 0.4) is 0 Å². The van der Waals surface area contributed by atoms with Gasteiger partial charge in [-0.05, 0) is 34.8 Å². The number of hydrogen-bond acceptors (Lipinski definition) is 3. The summed E-state index contributed by atoms with van der Waals surface area (Å²) >= 11 is 0. The third kappa shape index (κ3) is 3.89. The molecule has 0 bridgehead atoms. The summed E-state index contributed by atoms with van der Waals surface area (Å²) in [6.07, 6.45) is 1.10. The summed E-state index contributed by atoms with van der Waals surface area (Å²) in [5, 5.41) is 0. The second-order valence-corrected chi connectivity index (χ2v) is 7.39. The summed E-state index contributed by atoms with van der Waals surface area (Å²) in [5.41, 5.74) is 2.23. The first-order chi connectivity index (χ1) is 10.4. The highest BCUT2D eigenvalue weighted by Crippen LogP contribution is 2.61. The number of methoxy groups -OCH3 is 1. The van der Waals surface area contributed by atoms with Crippen LogP contribution in [0.25, 0.3) is 0 Å². The third-order valence-electron chi connectivity index (χ3n) is 4.74. The van der Waals surface area contributed by atoms with Gasteiger partial charge in [0.15, 0.2) is 0 Å². The molecule has 1 aliphatic carbocycles. The smallest absolute Gasteiger partial charge is 0.310 e. The van der Waals surface area contributed by atoms with E-state index in [1.807, 2.05) is 24.3 Å². The van der Waals surface area contributed by atoms with Gasteiger partial charge >= 0.3 is 5.97 Å². The molecule has 22 heavy (non-hydrogen) atoms. The zero-order valence-electron chi connectivity index (χ0n) is 14.4. The maximum Gasteiger partial charge on any atom is 0.310 e. The van der Waals surface area contributed by atoms with Crippen molar-refractivity contribution in [1.29, 1.82) is 0 Å². The molecule has 2 unspecified atom stereocenters. The first-order valence-corrected chi connectivity index (χ1v) is 8.09. The van der Waals surface area contributed by atoms with Crippen LogP contribution in [0.2, 0.25) is 0 Å². The zero-order chi connectivity index (χ0) is 16.3. The summed E-state index contributed by atoms with van der Waals surface area (Å²) in [4.78, 5) is 12.3. The lowest BCUT2D eigenvalue weighted by Crippen LogP contribution is -2.11. The fraction of sp³-hybridized carbons (Fsp3) is 0.632. The van der Waals surface area contributed by atoms with E-state index in [0.29, 0.717) is 25.0 Å². The van der Waals surface area contributed by atoms with Gasteiger partial charge in [-0.1, -0.05) is 52.0 Å². The van der Waals surface area contributed by atoms with Crippen molar-refractivity contribution in [1.82, 2.24) is 0 Å². The highest BCUT2D eigenvalue weighted by Gasteiger charge is 2.62. The molecule has 1 fully saturated rings. The maximum atomic E-state index is 12.3. The van der Waals surface area contributed by atoms with Crippen molar-refractivity contribution in [2.45, 2.75) is 47.3 Å². The van der Waals surface area contributed by atoms with Crippen molar-refractivity contribution in [2.24, 2.45) is 23.2 Å². The number of hydrogen-bond donors (Lipinski definition) is 0. The van der Waals surface area contributed by atoms with Crippen molar-refractivity contribution in [3.05, 3.63) is 35.4 Å². The predicted octanol–water partition coefficient (Wildman–Crippen LogP) is 4.19. The molecule has 0 amide bonds. The Morgan fingerprint density at radius 2 is 1.68 bits per heavy atom. The fourth-order valence-electron chi connectivity index (χ4n) is 3.30. The van der Waals surface area contributed by atoms with E-state index in [2.05, 4.69) is 27.7 Å². The molecule has 1 saturated carbocycles. The van der Waals surface area contributed by atoms with Crippen molar-refractivity contribution in [3.63, 3.8) is 0 Å². The van der Waals surface area contributed by atoms with Gasteiger partial charge in [0.05, 0.1) is 12.5 Å². The molecule has 3 heteroatoms. The first-order valence-electron chi connectivity index (χ1n) is 8.09. The molecule has 2 atom stereocenters. The molecule has 0 aliphatic heterocycles. The van der Waals surface area contributed by atoms with Crippen LogP contribution in [0, 0.1) is 23.2 Å². The number of benzene rings is 1. The molecule has 0 heterocycles. The minimum Gasteiger partial charge on any atom is -0.461 e. The van der Waals surface area contributed by atoms with Crippen LogP contribution in [0.1, 0.15) is 45.2 Å². The van der Waals surface area contributed by atoms with Crippen LogP contribution < -0.4 is 0 Å². The highest BCUT2D eigenvalue weighted by atomic mass is 16.5. The van der Waals surface area contributed by atoms with Crippen LogP contribution in [0.4, 0.5) is 0 Å². The lowest BCUT2D eigenvalue weighted by Gasteiger charge is -2.07. The molecule has 1 aliphatic rings. The molecule has 1 aromatic rings. The van der Waals surface area contributed by atoms with Gasteiger partial charge in [-0.3, -0.25) is 4.79 Å². The van der Waals surface area contributed by atoms with Crippen LogP contribution in [-0.2, 0) is 27.5 Å². The number of ether oxygens (including phenoxy) is 2. The van der Waals surface area contributed by atoms with Gasteiger partial charge in [0.2, 0.25) is 0 Å². The standard InChI is InChI=1S/C19H28O3/c1-13(2)10-16-17(19(16,3)4)18(20)22-12-15-8-6-14(7-9-15)11-21-5/h6-9,13,16-17H,10-12H2,1-5H3. The van der Waals surface area contributed by atoms with E-state index < -0.39 is 0 Å². The van der Waals surface area contributed by atoms with Gasteiger partial charge in [0.25, 0.3) is 0 Å². The minimum atomic E-state index is -0.0448. The molecule has 0 spiro atoms. The zero-order valence-corrected chi connectivity index (χ0v) is 14.4. The van der Waals surface area contributed by atoms with E-state index in [1.54, 1.807) is 7.11 Å². The number of carbonyl (C=O) groups is 1. The van der Waals surface area contributed by atoms with Gasteiger partial charge in [-0.15, -0.1) is 0 Å². The molecule has 2 rings (SSSR count). The number of rotatable bonds is 7. The topological polar surface area (TPSA) is 35.5 Å². The van der Waals surface area contributed by atoms with Crippen molar-refractivity contribution >= 4 is 5.97 Å². The Hall–Kier alpha value is -1.35. The fourth-order valence-corrected chi connectivity index (χ4v) is 3.30. The molecule has 3 nitrogen and oxygen atoms in total. The average molecular weight is 304 g/mol. The van der Waals surface area contributed by atoms with E-state index in [9.17, 15) is 4.79 Å². The minimum absolute atomic E-state index is 0.0448. The molecule has 122 valence electrons. The Kier molecular flexibility index (Phi) is 5.28. The normalized spacial score (nSPS) is 22.6. The third-order valence-corrected chi connectivity index (χ3v) is 4.74. The van der Waals surface area contributed by atoms with Gasteiger partial charge in [0.1, 0.15) is 6.61 Å². The lowest BCUT2D eigenvalue weighted by molar-refractivity contribution is -0.147. The summed E-state index contributed by atoms with van der Waals surface area (Å²) < 4.78 is 10.6. The van der Waals surface area contributed by atoms with Crippen molar-refractivity contribution in [2.75, 3.05) is 7.11 Å². The first kappa shape index (κ1) is 17.0. The van der Waals surface area contributed by atoms with Gasteiger partial charge < -0.3 is 9.47 Å². The Morgan fingerprint density at radius 3 is 2.18 bits per heavy atom. The summed E-state index contributed by atoms with van der Waals surface area (Å²) in [7, 11) is 1.68. The van der Waals surface area contributed by atoms with E-state index in [-0.39, 0.29) is 17.3 Å². The molecule has 0 N–H and O–H groups in total. The van der Waals surface area contributed by atoms with Gasteiger partial charge in [-0.2, -0.15) is 0 Å². The summed E-state index contributed by atoms with van der Waals surface area (Å²) in [6, 6.07) is 8.00. The van der Waals surface area contributed by atoms with Crippen molar-refractivity contribution < 1.29 is 14.3 Å². The maximum absolute atomic E-state index is 12.3. The second-order valence-electron chi connectivity index (χ2n) is 7.39. The van der Waals surface area contributed by atoms with Gasteiger partial charge in [-0.25, -0.2) is 0 Å². The Morgan fingerprint density at radius 1 is 1.14 bits per heavy atom. The largest absolute Gasteiger partial charge is 0.461 e. The lowest BCUT2D eigenvalue weighted by atomic mass is 10.0. The summed E-state index contributed by atoms with van der Waals surface area (Å²) in [5.74, 6) is 1.10. The highest BCUT2D eigenvalue weighted by molar-refractivity contribution is 5.77. The quantitative estimate of drug-likeness (QED) is 0.708. The molecular weight excluding hydrogens is 276 g/mol. The molecule has 0 saturated heterocycles. The number of esters is 1. The van der Waals surface area contributed by atoms with E-state index >= 15 is 0 Å². The molecule has 1 aromatic carbocycles. The van der Waals surface area contributed by atoms with E-state index in [0.717, 1.165) is 17.5 Å². The van der Waals surface area contributed by atoms with Crippen LogP contribution >= 0.6 is 0 Å². The molecule has 0 aromatic heterocycles.